The summed E-state index contributed by atoms with van der Waals surface area (Å²) in [5.74, 6) is 0.190. The molecule has 0 radical (unpaired) electrons. The van der Waals surface area contributed by atoms with Gasteiger partial charge in [-0.2, -0.15) is 0 Å². The van der Waals surface area contributed by atoms with Crippen molar-refractivity contribution in [3.05, 3.63) is 71.4 Å². The maximum atomic E-state index is 13.5. The molecular formula is C27H31N3O2. The predicted octanol–water partition coefficient (Wildman–Crippen LogP) is 4.63. The average Bonchev–Trinajstić information content (AvgIpc) is 3.19. The smallest absolute Gasteiger partial charge is 0.246 e. The Morgan fingerprint density at radius 3 is 2.59 bits per heavy atom. The third-order valence-corrected chi connectivity index (χ3v) is 7.04. The maximum absolute atomic E-state index is 13.5. The summed E-state index contributed by atoms with van der Waals surface area (Å²) in [7, 11) is 0. The van der Waals surface area contributed by atoms with Gasteiger partial charge in [0.05, 0.1) is 12.6 Å². The fourth-order valence-corrected chi connectivity index (χ4v) is 5.43. The lowest BCUT2D eigenvalue weighted by Gasteiger charge is -2.47. The van der Waals surface area contributed by atoms with E-state index in [1.165, 1.54) is 16.5 Å². The number of amides is 2. The van der Waals surface area contributed by atoms with E-state index < -0.39 is 6.04 Å². The number of rotatable bonds is 7. The van der Waals surface area contributed by atoms with Crippen LogP contribution in [0.5, 0.6) is 0 Å². The Hall–Kier alpha value is -3.08. The zero-order valence-electron chi connectivity index (χ0n) is 18.7. The number of piperazine rings is 1. The number of para-hydroxylation sites is 1. The van der Waals surface area contributed by atoms with Crippen molar-refractivity contribution in [1.82, 2.24) is 14.8 Å². The number of hydrogen-bond donors (Lipinski definition) is 1. The minimum atomic E-state index is -0.398. The first kappa shape index (κ1) is 20.8. The topological polar surface area (TPSA) is 56.4 Å². The molecule has 5 rings (SSSR count). The Morgan fingerprint density at radius 2 is 1.78 bits per heavy atom. The van der Waals surface area contributed by atoms with Crippen molar-refractivity contribution < 1.29 is 9.59 Å². The molecule has 2 aliphatic rings. The van der Waals surface area contributed by atoms with E-state index in [2.05, 4.69) is 48.3 Å². The Balaban J connectivity index is 1.50. The highest BCUT2D eigenvalue weighted by molar-refractivity contribution is 5.97. The highest BCUT2D eigenvalue weighted by atomic mass is 16.2. The number of aromatic amines is 1. The van der Waals surface area contributed by atoms with Crippen LogP contribution in [0, 0.1) is 0 Å². The zero-order valence-corrected chi connectivity index (χ0v) is 18.7. The third-order valence-electron chi connectivity index (χ3n) is 7.04. The Bertz CT molecular complexity index is 1120. The van der Waals surface area contributed by atoms with Crippen LogP contribution in [-0.2, 0) is 22.4 Å². The van der Waals surface area contributed by atoms with E-state index in [1.54, 1.807) is 4.90 Å². The fourth-order valence-electron chi connectivity index (χ4n) is 5.43. The van der Waals surface area contributed by atoms with Crippen molar-refractivity contribution in [1.29, 1.82) is 0 Å². The molecule has 2 amide bonds. The van der Waals surface area contributed by atoms with E-state index in [1.807, 2.05) is 23.1 Å². The molecule has 1 N–H and O–H groups in total. The standard InChI is InChI=1S/C27H31N3O2/c1-2-3-9-16-29-18-25(31)30-23(15-14-19-10-5-4-6-11-19)26-21(17-24(30)27(29)32)20-12-7-8-13-22(20)28-26/h4-8,10-13,23-24,28H,2-3,9,14-18H2,1H3/t23?,24-/m0/s1. The molecule has 3 aromatic rings. The van der Waals surface area contributed by atoms with E-state index >= 15 is 0 Å². The number of carbonyl (C=O) groups excluding carboxylic acids is 2. The van der Waals surface area contributed by atoms with E-state index in [4.69, 9.17) is 0 Å². The van der Waals surface area contributed by atoms with Crippen molar-refractivity contribution in [2.75, 3.05) is 13.1 Å². The summed E-state index contributed by atoms with van der Waals surface area (Å²) in [5, 5.41) is 1.18. The number of aryl methyl sites for hydroxylation is 1. The van der Waals surface area contributed by atoms with Gasteiger partial charge in [0.25, 0.3) is 0 Å². The molecule has 2 aromatic carbocycles. The minimum absolute atomic E-state index is 0.0773. The monoisotopic (exact) mass is 429 g/mol. The number of nitrogens with one attached hydrogen (secondary N) is 1. The number of aromatic nitrogens is 1. The van der Waals surface area contributed by atoms with E-state index in [0.717, 1.165) is 43.3 Å². The number of carbonyl (C=O) groups is 2. The van der Waals surface area contributed by atoms with Gasteiger partial charge in [0.1, 0.15) is 6.04 Å². The molecule has 32 heavy (non-hydrogen) atoms. The van der Waals surface area contributed by atoms with Crippen LogP contribution in [0.3, 0.4) is 0 Å². The van der Waals surface area contributed by atoms with Gasteiger partial charge in [-0.25, -0.2) is 0 Å². The molecule has 1 fully saturated rings. The first-order chi connectivity index (χ1) is 15.7. The molecular weight excluding hydrogens is 398 g/mol. The van der Waals surface area contributed by atoms with Crippen molar-refractivity contribution >= 4 is 22.7 Å². The lowest BCUT2D eigenvalue weighted by atomic mass is 9.86. The molecule has 5 heteroatoms. The molecule has 2 aliphatic heterocycles. The van der Waals surface area contributed by atoms with Gasteiger partial charge in [0.15, 0.2) is 0 Å². The number of benzene rings is 2. The molecule has 5 nitrogen and oxygen atoms in total. The zero-order chi connectivity index (χ0) is 22.1. The molecule has 2 atom stereocenters. The van der Waals surface area contributed by atoms with Crippen LogP contribution < -0.4 is 0 Å². The van der Waals surface area contributed by atoms with E-state index in [9.17, 15) is 9.59 Å². The lowest BCUT2D eigenvalue weighted by molar-refractivity contribution is -0.159. The molecule has 0 bridgehead atoms. The largest absolute Gasteiger partial charge is 0.356 e. The van der Waals surface area contributed by atoms with Crippen molar-refractivity contribution in [3.8, 4) is 0 Å². The summed E-state index contributed by atoms with van der Waals surface area (Å²) < 4.78 is 0. The molecule has 1 aromatic heterocycles. The second-order valence-corrected chi connectivity index (χ2v) is 9.09. The van der Waals surface area contributed by atoms with Crippen LogP contribution >= 0.6 is 0 Å². The molecule has 0 aliphatic carbocycles. The van der Waals surface area contributed by atoms with Gasteiger partial charge in [-0.15, -0.1) is 0 Å². The summed E-state index contributed by atoms with van der Waals surface area (Å²) in [5.41, 5.74) is 4.65. The maximum Gasteiger partial charge on any atom is 0.246 e. The third kappa shape index (κ3) is 3.70. The number of unbranched alkanes of at least 4 members (excludes halogenated alkanes) is 2. The SMILES string of the molecule is CCCCCN1CC(=O)N2C(CCc3ccccc3)c3[nH]c4ccccc4c3C[C@H]2C1=O. The van der Waals surface area contributed by atoms with Crippen LogP contribution in [-0.4, -0.2) is 45.7 Å². The van der Waals surface area contributed by atoms with Gasteiger partial charge in [0, 0.05) is 29.6 Å². The molecule has 166 valence electrons. The molecule has 1 unspecified atom stereocenters. The predicted molar refractivity (Wildman–Crippen MR) is 126 cm³/mol. The molecule has 1 saturated heterocycles. The lowest BCUT2D eigenvalue weighted by Crippen LogP contribution is -2.63. The molecule has 0 saturated carbocycles. The summed E-state index contributed by atoms with van der Waals surface area (Å²) >= 11 is 0. The first-order valence-corrected chi connectivity index (χ1v) is 11.9. The first-order valence-electron chi connectivity index (χ1n) is 11.9. The minimum Gasteiger partial charge on any atom is -0.356 e. The van der Waals surface area contributed by atoms with E-state index in [-0.39, 0.29) is 24.4 Å². The second-order valence-electron chi connectivity index (χ2n) is 9.09. The number of hydrogen-bond acceptors (Lipinski definition) is 2. The molecule has 3 heterocycles. The summed E-state index contributed by atoms with van der Waals surface area (Å²) in [6.45, 7) is 3.04. The van der Waals surface area contributed by atoms with Gasteiger partial charge in [-0.05, 0) is 36.5 Å². The van der Waals surface area contributed by atoms with Crippen LogP contribution in [0.2, 0.25) is 0 Å². The molecule has 0 spiro atoms. The number of nitrogens with zero attached hydrogens (tertiary/aromatic N) is 2. The Kier molecular flexibility index (Phi) is 5.73. The van der Waals surface area contributed by atoms with Gasteiger partial charge in [-0.1, -0.05) is 68.3 Å². The van der Waals surface area contributed by atoms with Gasteiger partial charge >= 0.3 is 0 Å². The second kappa shape index (κ2) is 8.81. The van der Waals surface area contributed by atoms with Crippen molar-refractivity contribution in [2.45, 2.75) is 57.5 Å². The fraction of sp³-hybridized carbons (Fsp3) is 0.407. The van der Waals surface area contributed by atoms with Crippen molar-refractivity contribution in [2.24, 2.45) is 0 Å². The van der Waals surface area contributed by atoms with Crippen LogP contribution in [0.15, 0.2) is 54.6 Å². The summed E-state index contributed by atoms with van der Waals surface area (Å²) in [6, 6.07) is 18.2. The summed E-state index contributed by atoms with van der Waals surface area (Å²) in [6.07, 6.45) is 5.40. The normalized spacial score (nSPS) is 20.5. The Morgan fingerprint density at radius 1 is 1.00 bits per heavy atom. The van der Waals surface area contributed by atoms with Crippen LogP contribution in [0.4, 0.5) is 0 Å². The number of H-pyrrole nitrogens is 1. The van der Waals surface area contributed by atoms with E-state index in [0.29, 0.717) is 13.0 Å². The van der Waals surface area contributed by atoms with Crippen molar-refractivity contribution in [3.63, 3.8) is 0 Å². The van der Waals surface area contributed by atoms with Gasteiger partial charge in [-0.3, -0.25) is 9.59 Å². The highest BCUT2D eigenvalue weighted by Crippen LogP contribution is 2.41. The van der Waals surface area contributed by atoms with Crippen LogP contribution in [0.1, 0.15) is 55.5 Å². The van der Waals surface area contributed by atoms with Gasteiger partial charge in [0.2, 0.25) is 11.8 Å². The average molecular weight is 430 g/mol. The summed E-state index contributed by atoms with van der Waals surface area (Å²) in [4.78, 5) is 34.2. The van der Waals surface area contributed by atoms with Gasteiger partial charge < -0.3 is 14.8 Å². The highest BCUT2D eigenvalue weighted by Gasteiger charge is 2.47. The Labute approximate surface area is 189 Å². The quantitative estimate of drug-likeness (QED) is 0.557. The number of fused-ring (bicyclic) bond motifs is 4. The van der Waals surface area contributed by atoms with Crippen LogP contribution in [0.25, 0.3) is 10.9 Å².